The number of hydrogen-bond acceptors (Lipinski definition) is 3. The summed E-state index contributed by atoms with van der Waals surface area (Å²) < 4.78 is 0. The first kappa shape index (κ1) is 13.9. The first-order valence-electron chi connectivity index (χ1n) is 6.93. The van der Waals surface area contributed by atoms with Gasteiger partial charge in [-0.25, -0.2) is 0 Å². The first-order valence-corrected chi connectivity index (χ1v) is 6.93. The Hall–Kier alpha value is -1.55. The molecule has 1 atom stereocenters. The number of amides is 1. The van der Waals surface area contributed by atoms with E-state index in [1.807, 2.05) is 43.3 Å². The second-order valence-electron chi connectivity index (χ2n) is 5.39. The molecule has 0 aromatic heterocycles. The van der Waals surface area contributed by atoms with Crippen LogP contribution in [0.2, 0.25) is 0 Å². The monoisotopic (exact) mass is 261 g/mol. The summed E-state index contributed by atoms with van der Waals surface area (Å²) in [5.74, 6) is 0.779. The van der Waals surface area contributed by atoms with Gasteiger partial charge >= 0.3 is 0 Å². The van der Waals surface area contributed by atoms with Crippen molar-refractivity contribution in [1.29, 1.82) is 0 Å². The van der Waals surface area contributed by atoms with Crippen molar-refractivity contribution in [2.75, 3.05) is 37.4 Å². The molecule has 0 bridgehead atoms. The fourth-order valence-electron chi connectivity index (χ4n) is 2.38. The van der Waals surface area contributed by atoms with E-state index < -0.39 is 0 Å². The van der Waals surface area contributed by atoms with Crippen LogP contribution in [0, 0.1) is 5.92 Å². The molecule has 1 fully saturated rings. The fraction of sp³-hybridized carbons (Fsp3) is 0.533. The summed E-state index contributed by atoms with van der Waals surface area (Å²) in [5.41, 5.74) is 1.97. The van der Waals surface area contributed by atoms with E-state index in [1.165, 1.54) is 6.42 Å². The lowest BCUT2D eigenvalue weighted by Crippen LogP contribution is -2.15. The standard InChI is InChI=1S/C15H23N3O/c1-18(2)14-5-3-4-13(10-14)17-15(19)7-6-12-8-9-16-11-12/h3-5,10,12,16H,6-9,11H2,1-2H3,(H,17,19). The van der Waals surface area contributed by atoms with Crippen molar-refractivity contribution in [2.24, 2.45) is 5.92 Å². The van der Waals surface area contributed by atoms with Crippen LogP contribution in [0.5, 0.6) is 0 Å². The summed E-state index contributed by atoms with van der Waals surface area (Å²) in [4.78, 5) is 13.9. The molecule has 1 heterocycles. The largest absolute Gasteiger partial charge is 0.378 e. The number of hydrogen-bond donors (Lipinski definition) is 2. The Morgan fingerprint density at radius 3 is 3.00 bits per heavy atom. The van der Waals surface area contributed by atoms with E-state index in [-0.39, 0.29) is 5.91 Å². The highest BCUT2D eigenvalue weighted by molar-refractivity contribution is 5.91. The van der Waals surface area contributed by atoms with Gasteiger partial charge in [0.1, 0.15) is 0 Å². The predicted octanol–water partition coefficient (Wildman–Crippen LogP) is 2.08. The van der Waals surface area contributed by atoms with Gasteiger partial charge in [-0.1, -0.05) is 6.07 Å². The SMILES string of the molecule is CN(C)c1cccc(NC(=O)CCC2CCNC2)c1. The van der Waals surface area contributed by atoms with E-state index in [4.69, 9.17) is 0 Å². The van der Waals surface area contributed by atoms with Crippen LogP contribution < -0.4 is 15.5 Å². The molecule has 1 aromatic rings. The van der Waals surface area contributed by atoms with Crippen molar-refractivity contribution < 1.29 is 4.79 Å². The minimum Gasteiger partial charge on any atom is -0.378 e. The normalized spacial score (nSPS) is 18.3. The van der Waals surface area contributed by atoms with E-state index in [2.05, 4.69) is 10.6 Å². The Kier molecular flexibility index (Phi) is 4.80. The number of nitrogens with one attached hydrogen (secondary N) is 2. The molecule has 0 spiro atoms. The molecule has 2 N–H and O–H groups in total. The Balaban J connectivity index is 1.82. The molecular weight excluding hydrogens is 238 g/mol. The molecule has 1 aliphatic rings. The first-order chi connectivity index (χ1) is 9.15. The Morgan fingerprint density at radius 2 is 2.32 bits per heavy atom. The average molecular weight is 261 g/mol. The summed E-state index contributed by atoms with van der Waals surface area (Å²) >= 11 is 0. The maximum Gasteiger partial charge on any atom is 0.224 e. The van der Waals surface area contributed by atoms with Gasteiger partial charge in [-0.2, -0.15) is 0 Å². The lowest BCUT2D eigenvalue weighted by Gasteiger charge is -2.14. The van der Waals surface area contributed by atoms with E-state index in [0.29, 0.717) is 12.3 Å². The maximum absolute atomic E-state index is 11.9. The van der Waals surface area contributed by atoms with Gasteiger partial charge in [0.2, 0.25) is 5.91 Å². The molecule has 1 unspecified atom stereocenters. The zero-order chi connectivity index (χ0) is 13.7. The van der Waals surface area contributed by atoms with Gasteiger partial charge < -0.3 is 15.5 Å². The molecule has 104 valence electrons. The second kappa shape index (κ2) is 6.57. The van der Waals surface area contributed by atoms with Crippen LogP contribution in [0.3, 0.4) is 0 Å². The van der Waals surface area contributed by atoms with E-state index in [1.54, 1.807) is 0 Å². The maximum atomic E-state index is 11.9. The predicted molar refractivity (Wildman–Crippen MR) is 79.6 cm³/mol. The zero-order valence-electron chi connectivity index (χ0n) is 11.8. The number of rotatable bonds is 5. The summed E-state index contributed by atoms with van der Waals surface area (Å²) in [6, 6.07) is 7.92. The molecule has 4 heteroatoms. The van der Waals surface area contributed by atoms with Gasteiger partial charge in [-0.15, -0.1) is 0 Å². The Bertz CT molecular complexity index is 425. The smallest absolute Gasteiger partial charge is 0.224 e. The molecule has 4 nitrogen and oxygen atoms in total. The molecule has 2 rings (SSSR count). The molecule has 1 aliphatic heterocycles. The van der Waals surface area contributed by atoms with Gasteiger partial charge in [-0.3, -0.25) is 4.79 Å². The molecular formula is C15H23N3O. The minimum atomic E-state index is 0.114. The van der Waals surface area contributed by atoms with Crippen LogP contribution in [0.25, 0.3) is 0 Å². The summed E-state index contributed by atoms with van der Waals surface area (Å²) in [6.45, 7) is 2.15. The highest BCUT2D eigenvalue weighted by Gasteiger charge is 2.15. The number of anilines is 2. The topological polar surface area (TPSA) is 44.4 Å². The summed E-state index contributed by atoms with van der Waals surface area (Å²) in [5, 5.41) is 6.30. The van der Waals surface area contributed by atoms with Crippen LogP contribution in [-0.4, -0.2) is 33.1 Å². The van der Waals surface area contributed by atoms with Crippen molar-refractivity contribution >= 4 is 17.3 Å². The van der Waals surface area contributed by atoms with E-state index in [9.17, 15) is 4.79 Å². The third kappa shape index (κ3) is 4.24. The molecule has 19 heavy (non-hydrogen) atoms. The summed E-state index contributed by atoms with van der Waals surface area (Å²) in [6.07, 6.45) is 2.79. The van der Waals surface area contributed by atoms with Gasteiger partial charge in [0.05, 0.1) is 0 Å². The van der Waals surface area contributed by atoms with Crippen LogP contribution in [0.4, 0.5) is 11.4 Å². The van der Waals surface area contributed by atoms with Crippen molar-refractivity contribution in [3.05, 3.63) is 24.3 Å². The van der Waals surface area contributed by atoms with E-state index in [0.717, 1.165) is 30.9 Å². The summed E-state index contributed by atoms with van der Waals surface area (Å²) in [7, 11) is 3.99. The minimum absolute atomic E-state index is 0.114. The molecule has 1 saturated heterocycles. The van der Waals surface area contributed by atoms with Crippen molar-refractivity contribution in [1.82, 2.24) is 5.32 Å². The zero-order valence-corrected chi connectivity index (χ0v) is 11.8. The second-order valence-corrected chi connectivity index (χ2v) is 5.39. The van der Waals surface area contributed by atoms with Crippen LogP contribution in [0.15, 0.2) is 24.3 Å². The van der Waals surface area contributed by atoms with Crippen LogP contribution >= 0.6 is 0 Å². The Labute approximate surface area is 115 Å². The third-order valence-electron chi connectivity index (χ3n) is 3.59. The molecule has 1 aromatic carbocycles. The van der Waals surface area contributed by atoms with Crippen molar-refractivity contribution in [2.45, 2.75) is 19.3 Å². The number of nitrogens with zero attached hydrogens (tertiary/aromatic N) is 1. The quantitative estimate of drug-likeness (QED) is 0.853. The van der Waals surface area contributed by atoms with Crippen LogP contribution in [-0.2, 0) is 4.79 Å². The van der Waals surface area contributed by atoms with Crippen LogP contribution in [0.1, 0.15) is 19.3 Å². The van der Waals surface area contributed by atoms with E-state index >= 15 is 0 Å². The molecule has 0 saturated carbocycles. The highest BCUT2D eigenvalue weighted by Crippen LogP contribution is 2.19. The lowest BCUT2D eigenvalue weighted by atomic mass is 10.0. The molecule has 0 radical (unpaired) electrons. The molecule has 1 amide bonds. The number of carbonyl (C=O) groups is 1. The lowest BCUT2D eigenvalue weighted by molar-refractivity contribution is -0.116. The fourth-order valence-corrected chi connectivity index (χ4v) is 2.38. The van der Waals surface area contributed by atoms with Crippen molar-refractivity contribution in [3.63, 3.8) is 0 Å². The average Bonchev–Trinajstić information content (AvgIpc) is 2.90. The van der Waals surface area contributed by atoms with Crippen molar-refractivity contribution in [3.8, 4) is 0 Å². The Morgan fingerprint density at radius 1 is 1.47 bits per heavy atom. The highest BCUT2D eigenvalue weighted by atomic mass is 16.1. The number of benzene rings is 1. The molecule has 0 aliphatic carbocycles. The third-order valence-corrected chi connectivity index (χ3v) is 3.59. The van der Waals surface area contributed by atoms with Gasteiger partial charge in [0.25, 0.3) is 0 Å². The van der Waals surface area contributed by atoms with Gasteiger partial charge in [0, 0.05) is 31.9 Å². The van der Waals surface area contributed by atoms with Gasteiger partial charge in [0.15, 0.2) is 0 Å². The van der Waals surface area contributed by atoms with Gasteiger partial charge in [-0.05, 0) is 50.0 Å². The number of carbonyl (C=O) groups excluding carboxylic acids is 1.